The number of anilines is 1. The van der Waals surface area contributed by atoms with Gasteiger partial charge < -0.3 is 10.4 Å². The van der Waals surface area contributed by atoms with E-state index < -0.39 is 47.6 Å². The first kappa shape index (κ1) is 27.2. The summed E-state index contributed by atoms with van der Waals surface area (Å²) in [6.45, 7) is 2.45. The molecule has 0 spiro atoms. The zero-order valence-electron chi connectivity index (χ0n) is 19.2. The number of carbonyl (C=O) groups excluding carboxylic acids is 1. The maximum Gasteiger partial charge on any atom is 0.392 e. The molecule has 1 unspecified atom stereocenters. The second-order valence-corrected chi connectivity index (χ2v) is 9.93. The van der Waals surface area contributed by atoms with Crippen molar-refractivity contribution in [2.75, 3.05) is 5.32 Å². The van der Waals surface area contributed by atoms with Crippen molar-refractivity contribution in [1.82, 2.24) is 0 Å². The number of carbonyl (C=O) groups is 2. The monoisotopic (exact) mass is 519 g/mol. The molecule has 1 saturated carbocycles. The number of amides is 1. The molecular weight excluding hydrogens is 493 g/mol. The number of carboxylic acids is 1. The van der Waals surface area contributed by atoms with Crippen LogP contribution in [0.25, 0.3) is 0 Å². The minimum atomic E-state index is -4.64. The third-order valence-electron chi connectivity index (χ3n) is 6.79. The fraction of sp³-hybridized carbons (Fsp3) is 0.520. The van der Waals surface area contributed by atoms with E-state index in [0.717, 1.165) is 6.92 Å². The molecule has 0 aliphatic heterocycles. The Morgan fingerprint density at radius 2 is 1.89 bits per heavy atom. The summed E-state index contributed by atoms with van der Waals surface area (Å²) in [4.78, 5) is 24.3. The van der Waals surface area contributed by atoms with E-state index in [1.165, 1.54) is 25.1 Å². The third kappa shape index (κ3) is 6.63. The summed E-state index contributed by atoms with van der Waals surface area (Å²) in [5.41, 5.74) is 1.32. The molecule has 2 aliphatic carbocycles. The molecular formula is C25H27ClF5NO3. The van der Waals surface area contributed by atoms with E-state index in [1.54, 1.807) is 18.2 Å². The number of nitrogens with one attached hydrogen (secondary N) is 1. The van der Waals surface area contributed by atoms with E-state index in [1.807, 2.05) is 0 Å². The quantitative estimate of drug-likeness (QED) is 0.367. The average molecular weight is 520 g/mol. The molecule has 192 valence electrons. The Hall–Kier alpha value is -2.42. The van der Waals surface area contributed by atoms with Gasteiger partial charge in [-0.15, -0.1) is 0 Å². The Morgan fingerprint density at radius 1 is 1.23 bits per heavy atom. The van der Waals surface area contributed by atoms with Crippen molar-refractivity contribution in [2.45, 2.75) is 51.6 Å². The molecule has 3 rings (SSSR count). The van der Waals surface area contributed by atoms with Crippen LogP contribution in [0.2, 0.25) is 5.02 Å². The van der Waals surface area contributed by atoms with E-state index >= 15 is 0 Å². The van der Waals surface area contributed by atoms with Gasteiger partial charge in [0.25, 0.3) is 0 Å². The molecule has 0 aromatic heterocycles. The number of alkyl halides is 5. The van der Waals surface area contributed by atoms with Crippen LogP contribution >= 0.6 is 11.6 Å². The van der Waals surface area contributed by atoms with Gasteiger partial charge in [0.2, 0.25) is 11.8 Å². The van der Waals surface area contributed by atoms with E-state index in [9.17, 15) is 31.5 Å². The van der Waals surface area contributed by atoms with Gasteiger partial charge in [-0.05, 0) is 47.9 Å². The van der Waals surface area contributed by atoms with Crippen molar-refractivity contribution in [2.24, 2.45) is 29.6 Å². The van der Waals surface area contributed by atoms with Gasteiger partial charge in [-0.2, -0.15) is 13.2 Å². The Labute approximate surface area is 205 Å². The number of allylic oxidation sites excluding steroid dienone is 4. The van der Waals surface area contributed by atoms with Crippen LogP contribution < -0.4 is 5.32 Å². The maximum atomic E-state index is 13.7. The second-order valence-electron chi connectivity index (χ2n) is 9.53. The van der Waals surface area contributed by atoms with Gasteiger partial charge in [0, 0.05) is 12.8 Å². The molecule has 1 aromatic carbocycles. The molecule has 2 N–H and O–H groups in total. The molecule has 0 saturated heterocycles. The lowest BCUT2D eigenvalue weighted by atomic mass is 9.71. The highest BCUT2D eigenvalue weighted by Crippen LogP contribution is 2.48. The smallest absolute Gasteiger partial charge is 0.392 e. The van der Waals surface area contributed by atoms with Crippen molar-refractivity contribution in [3.63, 3.8) is 0 Å². The van der Waals surface area contributed by atoms with Crippen molar-refractivity contribution >= 4 is 29.2 Å². The summed E-state index contributed by atoms with van der Waals surface area (Å²) in [7, 11) is 0. The molecule has 4 nitrogen and oxygen atoms in total. The predicted molar refractivity (Wildman–Crippen MR) is 122 cm³/mol. The lowest BCUT2D eigenvalue weighted by Crippen LogP contribution is -2.41. The highest BCUT2D eigenvalue weighted by molar-refractivity contribution is 6.33. The molecule has 4 atom stereocenters. The number of aliphatic carboxylic acids is 1. The highest BCUT2D eigenvalue weighted by Gasteiger charge is 2.49. The van der Waals surface area contributed by atoms with Crippen molar-refractivity contribution < 1.29 is 36.6 Å². The Balaban J connectivity index is 1.79. The molecule has 1 aromatic rings. The van der Waals surface area contributed by atoms with E-state index in [2.05, 4.69) is 5.32 Å². The largest absolute Gasteiger partial charge is 0.481 e. The summed E-state index contributed by atoms with van der Waals surface area (Å²) in [6, 6.07) is 4.50. The molecule has 1 amide bonds. The van der Waals surface area contributed by atoms with Gasteiger partial charge in [0.15, 0.2) is 0 Å². The van der Waals surface area contributed by atoms with Gasteiger partial charge in [0.1, 0.15) is 0 Å². The molecule has 1 fully saturated rings. The fourth-order valence-corrected chi connectivity index (χ4v) is 4.73. The van der Waals surface area contributed by atoms with Gasteiger partial charge in [-0.3, -0.25) is 9.59 Å². The van der Waals surface area contributed by atoms with E-state index in [0.29, 0.717) is 11.1 Å². The van der Waals surface area contributed by atoms with Crippen molar-refractivity contribution in [3.05, 3.63) is 52.6 Å². The highest BCUT2D eigenvalue weighted by atomic mass is 35.5. The SMILES string of the molecule is C[C@H]([C@H](C(=O)Nc1cc(C[C@H](C)C(=O)O)ccc1Cl)C1C=CC(C2CC(F)(F)C2)=CC1)C(F)(F)F. The Bertz CT molecular complexity index is 1030. The van der Waals surface area contributed by atoms with Gasteiger partial charge in [-0.25, -0.2) is 8.78 Å². The predicted octanol–water partition coefficient (Wildman–Crippen LogP) is 6.90. The molecule has 0 bridgehead atoms. The minimum absolute atomic E-state index is 0.0962. The molecule has 0 radical (unpaired) electrons. The number of halogens is 6. The first-order valence-corrected chi connectivity index (χ1v) is 11.7. The van der Waals surface area contributed by atoms with Gasteiger partial charge in [-0.1, -0.05) is 49.7 Å². The van der Waals surface area contributed by atoms with Gasteiger partial charge >= 0.3 is 12.1 Å². The van der Waals surface area contributed by atoms with E-state index in [4.69, 9.17) is 16.7 Å². The summed E-state index contributed by atoms with van der Waals surface area (Å²) in [5, 5.41) is 11.7. The molecule has 10 heteroatoms. The van der Waals surface area contributed by atoms with Crippen LogP contribution in [0.15, 0.2) is 42.0 Å². The van der Waals surface area contributed by atoms with Crippen molar-refractivity contribution in [1.29, 1.82) is 0 Å². The number of benzene rings is 1. The minimum Gasteiger partial charge on any atom is -0.481 e. The van der Waals surface area contributed by atoms with Gasteiger partial charge in [0.05, 0.1) is 28.5 Å². The summed E-state index contributed by atoms with van der Waals surface area (Å²) >= 11 is 6.16. The zero-order valence-corrected chi connectivity index (χ0v) is 20.0. The first-order valence-electron chi connectivity index (χ1n) is 11.3. The average Bonchev–Trinajstić information content (AvgIpc) is 2.74. The van der Waals surface area contributed by atoms with Crippen molar-refractivity contribution in [3.8, 4) is 0 Å². The van der Waals surface area contributed by atoms with Crippen LogP contribution in [0.3, 0.4) is 0 Å². The number of hydrogen-bond donors (Lipinski definition) is 2. The number of carboxylic acid groups (broad SMARTS) is 1. The summed E-state index contributed by atoms with van der Waals surface area (Å²) < 4.78 is 67.5. The zero-order chi connectivity index (χ0) is 26.1. The second kappa shape index (κ2) is 10.3. The van der Waals surface area contributed by atoms with Crippen LogP contribution in [-0.4, -0.2) is 29.1 Å². The van der Waals surface area contributed by atoms with E-state index in [-0.39, 0.29) is 42.3 Å². The number of rotatable bonds is 8. The lowest BCUT2D eigenvalue weighted by Gasteiger charge is -2.38. The van der Waals surface area contributed by atoms with Crippen LogP contribution in [0.1, 0.15) is 38.7 Å². The fourth-order valence-electron chi connectivity index (χ4n) is 4.57. The molecule has 35 heavy (non-hydrogen) atoms. The van der Waals surface area contributed by atoms with Crippen LogP contribution in [0.5, 0.6) is 0 Å². The molecule has 2 aliphatic rings. The topological polar surface area (TPSA) is 66.4 Å². The Kier molecular flexibility index (Phi) is 7.99. The lowest BCUT2D eigenvalue weighted by molar-refractivity contribution is -0.188. The summed E-state index contributed by atoms with van der Waals surface area (Å²) in [6.07, 6.45) is -0.234. The summed E-state index contributed by atoms with van der Waals surface area (Å²) in [5.74, 6) is -9.87. The standard InChI is InChI=1S/C25H27ClF5NO3/c1-13(23(34)35)9-15-3-8-19(26)20(10-15)32-22(33)21(14(2)25(29,30)31)17-6-4-16(5-7-17)18-11-24(27,28)12-18/h3-6,8,10,13-14,17-18,21H,7,9,11-12H2,1-2H3,(H,32,33)(H,34,35)/t13-,14+,17?,21-/m0/s1. The van der Waals surface area contributed by atoms with Crippen LogP contribution in [0.4, 0.5) is 27.6 Å². The van der Waals surface area contributed by atoms with Crippen LogP contribution in [-0.2, 0) is 16.0 Å². The number of hydrogen-bond acceptors (Lipinski definition) is 2. The third-order valence-corrected chi connectivity index (χ3v) is 7.12. The molecule has 0 heterocycles. The van der Waals surface area contributed by atoms with Crippen LogP contribution in [0, 0.1) is 29.6 Å². The Morgan fingerprint density at radius 3 is 2.40 bits per heavy atom. The first-order chi connectivity index (χ1) is 16.2. The maximum absolute atomic E-state index is 13.7. The normalized spacial score (nSPS) is 22.5.